The van der Waals surface area contributed by atoms with Crippen molar-refractivity contribution in [3.05, 3.63) is 136 Å². The molecule has 4 unspecified atom stereocenters. The summed E-state index contributed by atoms with van der Waals surface area (Å²) in [5.41, 5.74) is 22.9. The molecule has 0 aliphatic carbocycles. The second-order valence-corrected chi connectivity index (χ2v) is 8.76. The van der Waals surface area contributed by atoms with Crippen molar-refractivity contribution in [2.45, 2.75) is 37.9 Å². The summed E-state index contributed by atoms with van der Waals surface area (Å²) >= 11 is 0. The minimum absolute atomic E-state index is 0.308. The van der Waals surface area contributed by atoms with Gasteiger partial charge in [0.05, 0.1) is 18.8 Å². The van der Waals surface area contributed by atoms with Gasteiger partial charge >= 0.3 is 5.97 Å². The number of fused-ring (bicyclic) bond motifs is 1. The average Bonchev–Trinajstić information content (AvgIpc) is 3.01. The van der Waals surface area contributed by atoms with E-state index in [2.05, 4.69) is 64.5 Å². The van der Waals surface area contributed by atoms with E-state index < -0.39 is 18.5 Å². The lowest BCUT2D eigenvalue weighted by atomic mass is 10.0. The van der Waals surface area contributed by atoms with Crippen molar-refractivity contribution in [2.24, 2.45) is 0 Å². The molecule has 0 radical (unpaired) electrons. The van der Waals surface area contributed by atoms with E-state index in [1.807, 2.05) is 25.1 Å². The summed E-state index contributed by atoms with van der Waals surface area (Å²) in [4.78, 5) is 12.6. The van der Waals surface area contributed by atoms with Crippen LogP contribution in [0.25, 0.3) is 0 Å². The Labute approximate surface area is 239 Å². The number of rotatable bonds is 5. The van der Waals surface area contributed by atoms with Gasteiger partial charge in [0, 0.05) is 17.6 Å². The van der Waals surface area contributed by atoms with Gasteiger partial charge in [-0.3, -0.25) is 0 Å². The molecule has 6 nitrogen and oxygen atoms in total. The van der Waals surface area contributed by atoms with Gasteiger partial charge in [0.2, 0.25) is 0 Å². The van der Waals surface area contributed by atoms with Crippen LogP contribution in [0.15, 0.2) is 125 Å². The van der Waals surface area contributed by atoms with Crippen LogP contribution in [0.3, 0.4) is 0 Å². The first kappa shape index (κ1) is 28.9. The van der Waals surface area contributed by atoms with Crippen molar-refractivity contribution in [1.29, 1.82) is 0 Å². The monoisotopic (exact) mass is 542 g/mol. The molecule has 0 aromatic heterocycles. The van der Waals surface area contributed by atoms with Gasteiger partial charge in [0.25, 0.3) is 0 Å². The molecular formula is C35H26O6. The fourth-order valence-corrected chi connectivity index (χ4v) is 3.92. The quantitative estimate of drug-likeness (QED) is 0.205. The Morgan fingerprint density at radius 1 is 0.976 bits per heavy atom. The van der Waals surface area contributed by atoms with E-state index in [1.54, 1.807) is 48.6 Å². The van der Waals surface area contributed by atoms with Gasteiger partial charge in [0.15, 0.2) is 6.29 Å². The maximum atomic E-state index is 12.6. The number of ether oxygens (including phenoxy) is 5. The van der Waals surface area contributed by atoms with Crippen molar-refractivity contribution >= 4 is 5.97 Å². The van der Waals surface area contributed by atoms with Crippen molar-refractivity contribution in [3.63, 3.8) is 0 Å². The van der Waals surface area contributed by atoms with Crippen molar-refractivity contribution in [2.75, 3.05) is 13.2 Å². The fourth-order valence-electron chi connectivity index (χ4n) is 3.92. The summed E-state index contributed by atoms with van der Waals surface area (Å²) in [6.07, 6.45) is 4.78. The summed E-state index contributed by atoms with van der Waals surface area (Å²) in [6, 6.07) is 16.2. The zero-order chi connectivity index (χ0) is 28.7. The first-order chi connectivity index (χ1) is 20.1. The van der Waals surface area contributed by atoms with Crippen LogP contribution in [0.2, 0.25) is 0 Å². The highest BCUT2D eigenvalue weighted by Crippen LogP contribution is 2.34. The highest BCUT2D eigenvalue weighted by Gasteiger charge is 2.43. The lowest BCUT2D eigenvalue weighted by Gasteiger charge is -2.42. The molecule has 2 aliphatic heterocycles. The van der Waals surface area contributed by atoms with Crippen LogP contribution >= 0.6 is 0 Å². The van der Waals surface area contributed by atoms with Gasteiger partial charge in [-0.15, -0.1) is 0 Å². The predicted molar refractivity (Wildman–Crippen MR) is 150 cm³/mol. The van der Waals surface area contributed by atoms with Gasteiger partial charge in [-0.25, -0.2) is 4.79 Å². The molecule has 2 aliphatic rings. The number of esters is 1. The summed E-state index contributed by atoms with van der Waals surface area (Å²) in [6.45, 7) is 6.00. The fraction of sp³-hybridized carbons (Fsp3) is 0.229. The number of benzene rings is 2. The molecule has 41 heavy (non-hydrogen) atoms. The van der Waals surface area contributed by atoms with Crippen LogP contribution in [-0.2, 0) is 18.9 Å². The standard InChI is InChI=1S/C35H26O6/c1-3-4-5-6-7-8-10-15-27(2)16-13-14-24-37-30-21-19-29(20-22-30)35-39-26-32-33(41-35)31(23-25-38-32)40-34(36)28-17-11-9-12-18-28/h9,11-13,16-22,31-33,35H,1,23,25-26H2,2H3. The molecule has 2 aromatic rings. The third-order valence-electron chi connectivity index (χ3n) is 5.88. The second-order valence-electron chi connectivity index (χ2n) is 8.76. The lowest BCUT2D eigenvalue weighted by molar-refractivity contribution is -0.298. The summed E-state index contributed by atoms with van der Waals surface area (Å²) < 4.78 is 29.2. The zero-order valence-electron chi connectivity index (χ0n) is 22.4. The summed E-state index contributed by atoms with van der Waals surface area (Å²) in [5.74, 6) is 2.99. The molecule has 2 aromatic carbocycles. The topological polar surface area (TPSA) is 63.2 Å². The molecule has 2 fully saturated rings. The van der Waals surface area contributed by atoms with Crippen LogP contribution in [-0.4, -0.2) is 37.5 Å². The molecule has 2 saturated heterocycles. The Kier molecular flexibility index (Phi) is 10.9. The number of allylic oxidation sites excluding steroid dienone is 3. The Balaban J connectivity index is 1.33. The highest BCUT2D eigenvalue weighted by molar-refractivity contribution is 5.89. The average molecular weight is 543 g/mol. The molecular weight excluding hydrogens is 516 g/mol. The van der Waals surface area contributed by atoms with Gasteiger partial charge in [-0.1, -0.05) is 41.8 Å². The van der Waals surface area contributed by atoms with E-state index in [1.165, 1.54) is 0 Å². The molecule has 4 rings (SSSR count). The Bertz CT molecular complexity index is 1640. The van der Waals surface area contributed by atoms with Crippen LogP contribution in [0, 0.1) is 12.0 Å². The SMILES string of the molecule is C=C=C=C=C=C=C=C=C=C(C)C=CC#COc1ccc(C2OCC3OCCC(OC(=O)c4ccccc4)C3O2)cc1. The minimum atomic E-state index is -0.627. The summed E-state index contributed by atoms with van der Waals surface area (Å²) in [5, 5.41) is 0. The first-order valence-electron chi connectivity index (χ1n) is 12.8. The molecule has 6 heteroatoms. The van der Waals surface area contributed by atoms with Crippen LogP contribution in [0.4, 0.5) is 0 Å². The van der Waals surface area contributed by atoms with E-state index in [0.29, 0.717) is 30.9 Å². The molecule has 0 bridgehead atoms. The number of carbonyl (C=O) groups is 1. The lowest BCUT2D eigenvalue weighted by Crippen LogP contribution is -2.53. The van der Waals surface area contributed by atoms with Crippen LogP contribution in [0.1, 0.15) is 35.6 Å². The molecule has 0 saturated carbocycles. The van der Waals surface area contributed by atoms with E-state index in [9.17, 15) is 4.79 Å². The third-order valence-corrected chi connectivity index (χ3v) is 5.88. The number of carbonyl (C=O) groups excluding carboxylic acids is 1. The van der Waals surface area contributed by atoms with E-state index in [4.69, 9.17) is 23.7 Å². The van der Waals surface area contributed by atoms with Gasteiger partial charge < -0.3 is 23.7 Å². The van der Waals surface area contributed by atoms with E-state index in [-0.39, 0.29) is 12.1 Å². The Hall–Kier alpha value is -5.13. The maximum Gasteiger partial charge on any atom is 0.338 e. The van der Waals surface area contributed by atoms with Crippen LogP contribution in [0.5, 0.6) is 5.75 Å². The van der Waals surface area contributed by atoms with Crippen LogP contribution < -0.4 is 4.74 Å². The largest absolute Gasteiger partial charge is 0.456 e. The maximum absolute atomic E-state index is 12.6. The zero-order valence-corrected chi connectivity index (χ0v) is 22.4. The molecule has 4 atom stereocenters. The second kappa shape index (κ2) is 15.5. The number of hydrogen-bond donors (Lipinski definition) is 0. The van der Waals surface area contributed by atoms with Crippen molar-refractivity contribution in [1.82, 2.24) is 0 Å². The van der Waals surface area contributed by atoms with Crippen molar-refractivity contribution < 1.29 is 28.5 Å². The predicted octanol–water partition coefficient (Wildman–Crippen LogP) is 5.83. The normalized spacial score (nSPS) is 20.3. The summed E-state index contributed by atoms with van der Waals surface area (Å²) in [7, 11) is 0. The smallest absolute Gasteiger partial charge is 0.338 e. The van der Waals surface area contributed by atoms with Gasteiger partial charge in [0.1, 0.15) is 30.2 Å². The first-order valence-corrected chi connectivity index (χ1v) is 12.8. The highest BCUT2D eigenvalue weighted by atomic mass is 16.7. The molecule has 0 spiro atoms. The van der Waals surface area contributed by atoms with Gasteiger partial charge in [-0.2, -0.15) is 0 Å². The van der Waals surface area contributed by atoms with Crippen molar-refractivity contribution in [3.8, 4) is 17.8 Å². The number of hydrogen-bond acceptors (Lipinski definition) is 6. The van der Waals surface area contributed by atoms with E-state index >= 15 is 0 Å². The van der Waals surface area contributed by atoms with Gasteiger partial charge in [-0.05, 0) is 90.2 Å². The third kappa shape index (κ3) is 8.95. The molecule has 202 valence electrons. The minimum Gasteiger partial charge on any atom is -0.456 e. The Morgan fingerprint density at radius 3 is 2.51 bits per heavy atom. The Morgan fingerprint density at radius 2 is 1.73 bits per heavy atom. The molecule has 0 N–H and O–H groups in total. The van der Waals surface area contributed by atoms with E-state index in [0.717, 1.165) is 11.1 Å². The molecule has 2 heterocycles. The molecule has 0 amide bonds.